The van der Waals surface area contributed by atoms with Gasteiger partial charge in [-0.25, -0.2) is 0 Å². The summed E-state index contributed by atoms with van der Waals surface area (Å²) in [6.07, 6.45) is 2.95. The Morgan fingerprint density at radius 1 is 0.902 bits per heavy atom. The summed E-state index contributed by atoms with van der Waals surface area (Å²) in [6, 6.07) is 15.3. The van der Waals surface area contributed by atoms with Crippen LogP contribution in [0, 0.1) is 0 Å². The molecule has 0 aliphatic carbocycles. The number of aliphatic carboxylic acids is 1. The minimum atomic E-state index is -0.850. The number of carbonyl (C=O) groups is 2. The fourth-order valence-corrected chi connectivity index (χ4v) is 5.69. The number of carbonyl (C=O) groups excluding carboxylic acids is 1. The van der Waals surface area contributed by atoms with Crippen LogP contribution in [-0.4, -0.2) is 71.7 Å². The van der Waals surface area contributed by atoms with Gasteiger partial charge in [-0.1, -0.05) is 36.4 Å². The van der Waals surface area contributed by atoms with Crippen LogP contribution in [0.2, 0.25) is 0 Å². The van der Waals surface area contributed by atoms with Crippen molar-refractivity contribution in [2.75, 3.05) is 38.2 Å². The number of benzene rings is 2. The molecular weight excluding hydrogens is 528 g/mol. The Labute approximate surface area is 240 Å². The molecule has 3 heterocycles. The number of nitrogens with zero attached hydrogens (tertiary/aromatic N) is 1. The van der Waals surface area contributed by atoms with Gasteiger partial charge in [0.05, 0.1) is 32.0 Å². The fraction of sp³-hybridized carbons (Fsp3) is 0.548. The molecule has 1 amide bonds. The first kappa shape index (κ1) is 29.6. The van der Waals surface area contributed by atoms with Crippen molar-refractivity contribution < 1.29 is 38.7 Å². The lowest BCUT2D eigenvalue weighted by atomic mass is 9.98. The highest BCUT2D eigenvalue weighted by Crippen LogP contribution is 2.39. The van der Waals surface area contributed by atoms with Crippen LogP contribution >= 0.6 is 0 Å². The maximum Gasteiger partial charge on any atom is 0.303 e. The summed E-state index contributed by atoms with van der Waals surface area (Å²) in [5, 5.41) is 21.1. The molecule has 10 heteroatoms. The molecule has 2 aromatic carbocycles. The first-order valence-corrected chi connectivity index (χ1v) is 14.5. The average molecular weight is 569 g/mol. The number of carboxylic acid groups (broad SMARTS) is 1. The lowest BCUT2D eigenvalue weighted by molar-refractivity contribution is -0.255. The molecule has 2 aromatic rings. The molecule has 0 saturated carbocycles. The van der Waals surface area contributed by atoms with Gasteiger partial charge in [0.25, 0.3) is 0 Å². The quantitative estimate of drug-likeness (QED) is 0.343. The lowest BCUT2D eigenvalue weighted by Crippen LogP contribution is -2.48. The smallest absolute Gasteiger partial charge is 0.303 e. The van der Waals surface area contributed by atoms with Gasteiger partial charge in [0.2, 0.25) is 5.91 Å². The number of aliphatic hydroxyl groups is 1. The minimum absolute atomic E-state index is 0.00470. The predicted octanol–water partition coefficient (Wildman–Crippen LogP) is 4.15. The van der Waals surface area contributed by atoms with Gasteiger partial charge < -0.3 is 39.4 Å². The summed E-state index contributed by atoms with van der Waals surface area (Å²) in [6.45, 7) is 3.86. The maximum atomic E-state index is 12.3. The Morgan fingerprint density at radius 3 is 2.22 bits per heavy atom. The van der Waals surface area contributed by atoms with E-state index in [1.54, 1.807) is 0 Å². The van der Waals surface area contributed by atoms with E-state index in [0.717, 1.165) is 49.2 Å². The maximum absolute atomic E-state index is 12.3. The predicted molar refractivity (Wildman–Crippen MR) is 150 cm³/mol. The van der Waals surface area contributed by atoms with E-state index in [1.165, 1.54) is 0 Å². The van der Waals surface area contributed by atoms with Crippen LogP contribution in [0.3, 0.4) is 0 Å². The van der Waals surface area contributed by atoms with Gasteiger partial charge in [-0.15, -0.1) is 0 Å². The Morgan fingerprint density at radius 2 is 1.56 bits per heavy atom. The number of ether oxygens (including phenoxy) is 4. The average Bonchev–Trinajstić information content (AvgIpc) is 3.45. The molecule has 3 aliphatic rings. The standard InChI is InChI=1S/C31H40N2O8/c34-21-22-5-7-23(8-6-22)27-19-26(20-33-15-13-31(14-16-33)38-17-18-39-31)40-30(41-27)24-9-11-25(12-10-24)32-28(35)3-1-2-4-29(36)37/h5-12,26-27,30,34H,1-4,13-21H2,(H,32,35)(H,36,37). The first-order valence-electron chi connectivity index (χ1n) is 14.5. The van der Waals surface area contributed by atoms with Gasteiger partial charge in [0, 0.05) is 63.0 Å². The number of amides is 1. The van der Waals surface area contributed by atoms with E-state index in [2.05, 4.69) is 10.2 Å². The molecule has 10 nitrogen and oxygen atoms in total. The highest BCUT2D eigenvalue weighted by molar-refractivity contribution is 5.90. The number of anilines is 1. The fourth-order valence-electron chi connectivity index (χ4n) is 5.69. The third-order valence-corrected chi connectivity index (χ3v) is 8.02. The van der Waals surface area contributed by atoms with Crippen molar-refractivity contribution in [1.82, 2.24) is 4.90 Å². The van der Waals surface area contributed by atoms with Crippen molar-refractivity contribution in [2.24, 2.45) is 0 Å². The summed E-state index contributed by atoms with van der Waals surface area (Å²) in [4.78, 5) is 25.3. The second-order valence-electron chi connectivity index (χ2n) is 11.0. The van der Waals surface area contributed by atoms with Gasteiger partial charge in [0.1, 0.15) is 0 Å². The molecule has 1 spiro atoms. The van der Waals surface area contributed by atoms with Gasteiger partial charge in [0.15, 0.2) is 12.1 Å². The van der Waals surface area contributed by atoms with Crippen LogP contribution < -0.4 is 5.32 Å². The zero-order chi connectivity index (χ0) is 28.7. The third kappa shape index (κ3) is 8.12. The van der Waals surface area contributed by atoms with Crippen molar-refractivity contribution in [3.05, 3.63) is 65.2 Å². The highest BCUT2D eigenvalue weighted by atomic mass is 16.7. The molecule has 3 unspecified atom stereocenters. The minimum Gasteiger partial charge on any atom is -0.481 e. The van der Waals surface area contributed by atoms with Crippen LogP contribution in [0.15, 0.2) is 48.5 Å². The van der Waals surface area contributed by atoms with E-state index in [4.69, 9.17) is 24.1 Å². The number of nitrogens with one attached hydrogen (secondary N) is 1. The lowest BCUT2D eigenvalue weighted by Gasteiger charge is -2.41. The molecule has 41 heavy (non-hydrogen) atoms. The second-order valence-corrected chi connectivity index (χ2v) is 11.0. The summed E-state index contributed by atoms with van der Waals surface area (Å²) >= 11 is 0. The van der Waals surface area contributed by atoms with Gasteiger partial charge in [-0.2, -0.15) is 0 Å². The molecule has 3 saturated heterocycles. The number of unbranched alkanes of at least 4 members (excludes halogenated alkanes) is 1. The number of rotatable bonds is 11. The second kappa shape index (κ2) is 13.9. The molecule has 0 aromatic heterocycles. The number of hydrogen-bond donors (Lipinski definition) is 3. The molecule has 222 valence electrons. The third-order valence-electron chi connectivity index (χ3n) is 8.02. The van der Waals surface area contributed by atoms with Gasteiger partial charge in [-0.3, -0.25) is 9.59 Å². The molecule has 3 aliphatic heterocycles. The molecular formula is C31H40N2O8. The summed E-state index contributed by atoms with van der Waals surface area (Å²) in [5.41, 5.74) is 3.42. The monoisotopic (exact) mass is 568 g/mol. The van der Waals surface area contributed by atoms with E-state index >= 15 is 0 Å². The van der Waals surface area contributed by atoms with Crippen molar-refractivity contribution >= 4 is 17.6 Å². The summed E-state index contributed by atoms with van der Waals surface area (Å²) in [5.74, 6) is -1.41. The number of aliphatic hydroxyl groups excluding tert-OH is 1. The number of likely N-dealkylation sites (tertiary alicyclic amines) is 1. The van der Waals surface area contributed by atoms with Crippen molar-refractivity contribution in [3.8, 4) is 0 Å². The van der Waals surface area contributed by atoms with E-state index in [0.29, 0.717) is 38.2 Å². The zero-order valence-electron chi connectivity index (χ0n) is 23.3. The SMILES string of the molecule is O=C(O)CCCCC(=O)Nc1ccc(C2OC(CN3CCC4(CC3)OCCO4)CC(c3ccc(CO)cc3)O2)cc1. The van der Waals surface area contributed by atoms with Crippen LogP contribution in [0.5, 0.6) is 0 Å². The largest absolute Gasteiger partial charge is 0.481 e. The Kier molecular flexibility index (Phi) is 10.0. The van der Waals surface area contributed by atoms with E-state index < -0.39 is 18.0 Å². The Bertz CT molecular complexity index is 1140. The topological polar surface area (TPSA) is 127 Å². The van der Waals surface area contributed by atoms with Crippen LogP contribution in [0.1, 0.15) is 74.0 Å². The van der Waals surface area contributed by atoms with Crippen LogP contribution in [0.4, 0.5) is 5.69 Å². The Balaban J connectivity index is 1.22. The molecule has 3 N–H and O–H groups in total. The van der Waals surface area contributed by atoms with Gasteiger partial charge in [-0.05, 0) is 36.1 Å². The number of hydrogen-bond acceptors (Lipinski definition) is 8. The molecule has 0 bridgehead atoms. The van der Waals surface area contributed by atoms with Crippen molar-refractivity contribution in [2.45, 2.75) is 75.8 Å². The highest BCUT2D eigenvalue weighted by Gasteiger charge is 2.41. The normalized spacial score (nSPS) is 24.4. The molecule has 3 atom stereocenters. The van der Waals surface area contributed by atoms with Crippen LogP contribution in [0.25, 0.3) is 0 Å². The molecule has 0 radical (unpaired) electrons. The zero-order valence-corrected chi connectivity index (χ0v) is 23.3. The van der Waals surface area contributed by atoms with Crippen LogP contribution in [-0.2, 0) is 35.1 Å². The number of carboxylic acids is 1. The van der Waals surface area contributed by atoms with Crippen molar-refractivity contribution in [1.29, 1.82) is 0 Å². The first-order chi connectivity index (χ1) is 19.9. The summed E-state index contributed by atoms with van der Waals surface area (Å²) < 4.78 is 24.7. The van der Waals surface area contributed by atoms with Gasteiger partial charge >= 0.3 is 5.97 Å². The van der Waals surface area contributed by atoms with E-state index in [9.17, 15) is 14.7 Å². The van der Waals surface area contributed by atoms with E-state index in [-0.39, 0.29) is 37.6 Å². The van der Waals surface area contributed by atoms with E-state index in [1.807, 2.05) is 48.5 Å². The van der Waals surface area contributed by atoms with Crippen molar-refractivity contribution in [3.63, 3.8) is 0 Å². The molecule has 3 fully saturated rings. The summed E-state index contributed by atoms with van der Waals surface area (Å²) in [7, 11) is 0. The number of piperidine rings is 1. The Hall–Kier alpha value is -2.86. The molecule has 5 rings (SSSR count).